The number of ketones is 1. The fourth-order valence-corrected chi connectivity index (χ4v) is 3.03. The summed E-state index contributed by atoms with van der Waals surface area (Å²) in [5, 5.41) is 75.9. The molecule has 0 fully saturated rings. The fourth-order valence-electron chi connectivity index (χ4n) is 3.03. The van der Waals surface area contributed by atoms with Gasteiger partial charge in [-0.25, -0.2) is 0 Å². The molecule has 0 aliphatic heterocycles. The first-order valence-electron chi connectivity index (χ1n) is 12.4. The molecular weight excluding hydrogens is 550 g/mol. The second-order valence-corrected chi connectivity index (χ2v) is 8.52. The number of amides is 2. The Kier molecular flexibility index (Phi) is 15.4. The van der Waals surface area contributed by atoms with E-state index in [1.54, 1.807) is 31.2 Å². The summed E-state index contributed by atoms with van der Waals surface area (Å²) < 4.78 is 0. The van der Waals surface area contributed by atoms with Crippen molar-refractivity contribution in [2.24, 2.45) is 0 Å². The van der Waals surface area contributed by atoms with Gasteiger partial charge in [-0.05, 0) is 53.0 Å². The number of carbonyl (C=O) groups is 3. The lowest BCUT2D eigenvalue weighted by Gasteiger charge is -2.06. The van der Waals surface area contributed by atoms with Crippen LogP contribution in [0.3, 0.4) is 0 Å². The molecule has 14 nitrogen and oxygen atoms in total. The zero-order chi connectivity index (χ0) is 32.0. The molecule has 0 aliphatic rings. The van der Waals surface area contributed by atoms with Crippen LogP contribution in [0.4, 0.5) is 5.69 Å². The van der Waals surface area contributed by atoms with Gasteiger partial charge in [-0.1, -0.05) is 37.3 Å². The molecule has 0 spiro atoms. The number of pyridine rings is 1. The third kappa shape index (κ3) is 12.3. The van der Waals surface area contributed by atoms with Gasteiger partial charge in [-0.3, -0.25) is 19.4 Å². The summed E-state index contributed by atoms with van der Waals surface area (Å²) >= 11 is 0. The normalized spacial score (nSPS) is 9.69. The van der Waals surface area contributed by atoms with Gasteiger partial charge in [0.15, 0.2) is 5.78 Å². The van der Waals surface area contributed by atoms with Crippen LogP contribution in [0.5, 0.6) is 0 Å². The second kappa shape index (κ2) is 17.8. The first-order chi connectivity index (χ1) is 19.7. The molecule has 3 aromatic rings. The number of aromatic nitrogens is 1. The first kappa shape index (κ1) is 36.2. The number of anilines is 1. The minimum atomic E-state index is -1.75. The number of hydrogen-bond acceptors (Lipinski definition) is 12. The van der Waals surface area contributed by atoms with E-state index in [9.17, 15) is 14.4 Å². The van der Waals surface area contributed by atoms with Gasteiger partial charge in [-0.15, -0.1) is 0 Å². The van der Waals surface area contributed by atoms with Crippen LogP contribution < -0.4 is 32.5 Å². The molecule has 0 aliphatic carbocycles. The summed E-state index contributed by atoms with van der Waals surface area (Å²) in [6, 6.07) is 12.9. The first-order valence-corrected chi connectivity index (χ1v) is 12.4. The molecule has 2 aromatic carbocycles. The minimum Gasteiger partial charge on any atom is -0.423 e. The van der Waals surface area contributed by atoms with Crippen molar-refractivity contribution in [3.8, 4) is 0 Å². The molecule has 3 rings (SSSR count). The van der Waals surface area contributed by atoms with Crippen LogP contribution in [0.2, 0.25) is 0 Å². The van der Waals surface area contributed by atoms with Crippen molar-refractivity contribution in [2.75, 3.05) is 12.4 Å². The molecule has 42 heavy (non-hydrogen) atoms. The summed E-state index contributed by atoms with van der Waals surface area (Å²) in [5.74, 6) is -0.718. The maximum absolute atomic E-state index is 11.1. The van der Waals surface area contributed by atoms with Crippen LogP contribution in [-0.4, -0.2) is 98.3 Å². The van der Waals surface area contributed by atoms with Gasteiger partial charge in [-0.2, -0.15) is 0 Å². The Hall–Kier alpha value is -3.86. The van der Waals surface area contributed by atoms with E-state index in [0.717, 1.165) is 0 Å². The summed E-state index contributed by atoms with van der Waals surface area (Å²) in [5.41, 5.74) is 1.75. The van der Waals surface area contributed by atoms with Gasteiger partial charge in [0.1, 0.15) is 5.69 Å². The lowest BCUT2D eigenvalue weighted by Crippen LogP contribution is -2.38. The van der Waals surface area contributed by atoms with Crippen molar-refractivity contribution in [3.05, 3.63) is 72.1 Å². The van der Waals surface area contributed by atoms with Gasteiger partial charge in [0.05, 0.1) is 0 Å². The Morgan fingerprint density at radius 3 is 1.62 bits per heavy atom. The van der Waals surface area contributed by atoms with E-state index in [0.29, 0.717) is 17.6 Å². The molecule has 220 valence electrons. The maximum Gasteiger partial charge on any atom is 0.488 e. The van der Waals surface area contributed by atoms with Crippen LogP contribution in [0.1, 0.15) is 41.1 Å². The van der Waals surface area contributed by atoms with Gasteiger partial charge >= 0.3 is 28.5 Å². The molecule has 0 saturated heterocycles. The molecular formula is C24H31B4N3O11. The van der Waals surface area contributed by atoms with Crippen LogP contribution in [0.15, 0.2) is 60.8 Å². The third-order valence-corrected chi connectivity index (χ3v) is 5.34. The third-order valence-electron chi connectivity index (χ3n) is 5.34. The molecule has 1 aromatic heterocycles. The smallest absolute Gasteiger partial charge is 0.423 e. The van der Waals surface area contributed by atoms with Gasteiger partial charge < -0.3 is 50.8 Å². The highest BCUT2D eigenvalue weighted by Gasteiger charge is 2.19. The van der Waals surface area contributed by atoms with Crippen molar-refractivity contribution in [3.63, 3.8) is 0 Å². The van der Waals surface area contributed by atoms with Crippen molar-refractivity contribution < 1.29 is 54.6 Å². The number of hydrogen-bond donors (Lipinski definition) is 10. The molecule has 1 heterocycles. The SMILES string of the molecule is CC(=O)c1cc(B(O)O)cc(B(O)O)c1.CCC(=O)Nc1ccc(B(O)O)cc1.CNC(=O)c1cc(B(O)O)ccn1. The van der Waals surface area contributed by atoms with Gasteiger partial charge in [0, 0.05) is 30.9 Å². The highest BCUT2D eigenvalue weighted by atomic mass is 16.4. The molecule has 0 atom stereocenters. The number of benzene rings is 2. The maximum atomic E-state index is 11.1. The van der Waals surface area contributed by atoms with E-state index in [2.05, 4.69) is 15.6 Å². The van der Waals surface area contributed by atoms with E-state index in [4.69, 9.17) is 40.2 Å². The van der Waals surface area contributed by atoms with E-state index < -0.39 is 28.5 Å². The highest BCUT2D eigenvalue weighted by Crippen LogP contribution is 2.04. The topological polar surface area (TPSA) is 250 Å². The number of rotatable bonds is 8. The molecule has 0 unspecified atom stereocenters. The average molecular weight is 581 g/mol. The Morgan fingerprint density at radius 2 is 1.21 bits per heavy atom. The Balaban J connectivity index is 0.000000316. The van der Waals surface area contributed by atoms with E-state index in [1.807, 2.05) is 0 Å². The monoisotopic (exact) mass is 581 g/mol. The summed E-state index contributed by atoms with van der Waals surface area (Å²) in [7, 11) is -5.06. The number of nitrogens with one attached hydrogen (secondary N) is 2. The highest BCUT2D eigenvalue weighted by molar-refractivity contribution is 6.63. The van der Waals surface area contributed by atoms with Crippen LogP contribution in [-0.2, 0) is 4.79 Å². The van der Waals surface area contributed by atoms with E-state index in [-0.39, 0.29) is 45.2 Å². The number of Topliss-reactive ketones (excluding diaryl/α,β-unsaturated/α-hetero) is 1. The Bertz CT molecular complexity index is 1300. The second-order valence-electron chi connectivity index (χ2n) is 8.52. The zero-order valence-corrected chi connectivity index (χ0v) is 23.0. The lowest BCUT2D eigenvalue weighted by molar-refractivity contribution is -0.115. The van der Waals surface area contributed by atoms with E-state index >= 15 is 0 Å². The predicted molar refractivity (Wildman–Crippen MR) is 159 cm³/mol. The summed E-state index contributed by atoms with van der Waals surface area (Å²) in [6.07, 6.45) is 1.77. The predicted octanol–water partition coefficient (Wildman–Crippen LogP) is -4.92. The molecule has 0 bridgehead atoms. The standard InChI is InChI=1S/C9H12BNO3.C8H10B2O5.C7H9BN2O3/c1-2-9(12)11-8-5-3-7(4-6-8)10(13)14;1-5(11)6-2-7(9(12)13)4-8(3-6)10(14)15;1-9-7(11)6-4-5(8(12)13)2-3-10-6/h3-6,13-14H,2H2,1H3,(H,11,12);2-4,12-15H,1H3;2-4,12-13H,1H3,(H,9,11). The minimum absolute atomic E-state index is 0.0470. The lowest BCUT2D eigenvalue weighted by atomic mass is 9.71. The summed E-state index contributed by atoms with van der Waals surface area (Å²) in [4.78, 5) is 36.9. The Morgan fingerprint density at radius 1 is 0.714 bits per heavy atom. The van der Waals surface area contributed by atoms with E-state index in [1.165, 1.54) is 50.5 Å². The van der Waals surface area contributed by atoms with Gasteiger partial charge in [0.25, 0.3) is 5.91 Å². The average Bonchev–Trinajstić information content (AvgIpc) is 2.97. The molecule has 18 heteroatoms. The number of nitrogens with zero attached hydrogens (tertiary/aromatic N) is 1. The van der Waals surface area contributed by atoms with Crippen LogP contribution in [0, 0.1) is 0 Å². The van der Waals surface area contributed by atoms with Crippen molar-refractivity contribution >= 4 is 73.6 Å². The van der Waals surface area contributed by atoms with Crippen LogP contribution >= 0.6 is 0 Å². The van der Waals surface area contributed by atoms with Gasteiger partial charge in [0.2, 0.25) is 5.91 Å². The molecule has 10 N–H and O–H groups in total. The Labute approximate surface area is 243 Å². The molecule has 2 amide bonds. The quantitative estimate of drug-likeness (QED) is 0.0889. The largest absolute Gasteiger partial charge is 0.488 e. The summed E-state index contributed by atoms with van der Waals surface area (Å²) in [6.45, 7) is 3.07. The van der Waals surface area contributed by atoms with Crippen LogP contribution in [0.25, 0.3) is 0 Å². The van der Waals surface area contributed by atoms with Crippen molar-refractivity contribution in [1.82, 2.24) is 10.3 Å². The molecule has 0 radical (unpaired) electrons. The zero-order valence-electron chi connectivity index (χ0n) is 23.0. The fraction of sp³-hybridized carbons (Fsp3) is 0.167. The molecule has 0 saturated carbocycles. The number of carbonyl (C=O) groups excluding carboxylic acids is 3. The van der Waals surface area contributed by atoms with Crippen molar-refractivity contribution in [1.29, 1.82) is 0 Å². The van der Waals surface area contributed by atoms with Crippen molar-refractivity contribution in [2.45, 2.75) is 20.3 Å².